The first-order chi connectivity index (χ1) is 18.5. The number of carbonyl (C=O) groups excluding carboxylic acids is 2. The standard InChI is InChI=1S/C27H27FN4O4S2/c28-19-9-2-3-10-20(19)30-23(34)16-37-27-31-24-18-8-1-4-11-21(18)38-25(24)26(35)32(27)13-5-12-22(33)29-15-17-7-6-14-36-17/h1-4,8-11,17H,5-7,12-16H2,(H,29,33)(H,30,34). The highest BCUT2D eigenvalue weighted by atomic mass is 32.2. The summed E-state index contributed by atoms with van der Waals surface area (Å²) in [7, 11) is 0. The number of nitrogens with zero attached hydrogens (tertiary/aromatic N) is 2. The Morgan fingerprint density at radius 3 is 2.79 bits per heavy atom. The van der Waals surface area contributed by atoms with E-state index in [1.54, 1.807) is 12.1 Å². The molecule has 1 aliphatic heterocycles. The van der Waals surface area contributed by atoms with Gasteiger partial charge in [0.1, 0.15) is 10.5 Å². The number of carbonyl (C=O) groups is 2. The van der Waals surface area contributed by atoms with Gasteiger partial charge in [0.05, 0.1) is 23.1 Å². The number of halogens is 1. The Hall–Kier alpha value is -3.28. The van der Waals surface area contributed by atoms with Crippen LogP contribution in [-0.2, 0) is 20.9 Å². The number of aromatic nitrogens is 2. The zero-order valence-electron chi connectivity index (χ0n) is 20.6. The van der Waals surface area contributed by atoms with Crippen molar-refractivity contribution in [2.75, 3.05) is 24.2 Å². The molecule has 2 amide bonds. The number of anilines is 1. The van der Waals surface area contributed by atoms with Crippen LogP contribution in [-0.4, -0.2) is 46.4 Å². The van der Waals surface area contributed by atoms with Gasteiger partial charge in [0, 0.05) is 36.2 Å². The highest BCUT2D eigenvalue weighted by molar-refractivity contribution is 7.99. The second-order valence-electron chi connectivity index (χ2n) is 8.99. The predicted octanol–water partition coefficient (Wildman–Crippen LogP) is 4.56. The molecule has 198 valence electrons. The second kappa shape index (κ2) is 12.1. The SMILES string of the molecule is O=C(CCCn1c(SCC(=O)Nc2ccccc2F)nc2c(sc3ccccc32)c1=O)NCC1CCCO1. The first kappa shape index (κ1) is 26.3. The van der Waals surface area contributed by atoms with Crippen LogP contribution in [0.15, 0.2) is 58.5 Å². The monoisotopic (exact) mass is 554 g/mol. The van der Waals surface area contributed by atoms with Gasteiger partial charge >= 0.3 is 0 Å². The van der Waals surface area contributed by atoms with Crippen LogP contribution in [0.4, 0.5) is 10.1 Å². The molecule has 38 heavy (non-hydrogen) atoms. The number of ether oxygens (including phenoxy) is 1. The molecule has 2 aromatic heterocycles. The number of amides is 2. The maximum atomic E-state index is 13.9. The molecule has 1 saturated heterocycles. The van der Waals surface area contributed by atoms with Gasteiger partial charge in [-0.05, 0) is 37.5 Å². The highest BCUT2D eigenvalue weighted by Gasteiger charge is 2.19. The zero-order chi connectivity index (χ0) is 26.5. The van der Waals surface area contributed by atoms with E-state index in [1.165, 1.54) is 28.0 Å². The quantitative estimate of drug-likeness (QED) is 0.220. The number of nitrogens with one attached hydrogen (secondary N) is 2. The lowest BCUT2D eigenvalue weighted by molar-refractivity contribution is -0.121. The van der Waals surface area contributed by atoms with E-state index in [0.717, 1.165) is 41.3 Å². The molecule has 2 aromatic carbocycles. The molecule has 1 fully saturated rings. The summed E-state index contributed by atoms with van der Waals surface area (Å²) in [5.74, 6) is -1.09. The van der Waals surface area contributed by atoms with Crippen molar-refractivity contribution in [1.82, 2.24) is 14.9 Å². The maximum Gasteiger partial charge on any atom is 0.272 e. The Morgan fingerprint density at radius 1 is 1.16 bits per heavy atom. The van der Waals surface area contributed by atoms with Gasteiger partial charge < -0.3 is 15.4 Å². The van der Waals surface area contributed by atoms with Gasteiger partial charge in [0.15, 0.2) is 5.16 Å². The van der Waals surface area contributed by atoms with Crippen molar-refractivity contribution >= 4 is 60.9 Å². The van der Waals surface area contributed by atoms with E-state index in [4.69, 9.17) is 9.72 Å². The topological polar surface area (TPSA) is 102 Å². The van der Waals surface area contributed by atoms with Gasteiger partial charge in [-0.1, -0.05) is 42.1 Å². The summed E-state index contributed by atoms with van der Waals surface area (Å²) in [5, 5.41) is 6.72. The van der Waals surface area contributed by atoms with Crippen molar-refractivity contribution in [3.8, 4) is 0 Å². The van der Waals surface area contributed by atoms with Crippen LogP contribution < -0.4 is 16.2 Å². The van der Waals surface area contributed by atoms with Crippen LogP contribution in [0, 0.1) is 5.82 Å². The number of thioether (sulfide) groups is 1. The van der Waals surface area contributed by atoms with Crippen molar-refractivity contribution < 1.29 is 18.7 Å². The Labute approximate surface area is 226 Å². The average molecular weight is 555 g/mol. The van der Waals surface area contributed by atoms with Crippen LogP contribution >= 0.6 is 23.1 Å². The lowest BCUT2D eigenvalue weighted by atomic mass is 10.2. The fraction of sp³-hybridized carbons (Fsp3) is 0.333. The molecule has 0 spiro atoms. The zero-order valence-corrected chi connectivity index (χ0v) is 22.2. The van der Waals surface area contributed by atoms with E-state index >= 15 is 0 Å². The van der Waals surface area contributed by atoms with Crippen molar-refractivity contribution in [2.45, 2.75) is 43.5 Å². The Balaban J connectivity index is 1.32. The Morgan fingerprint density at radius 2 is 1.97 bits per heavy atom. The summed E-state index contributed by atoms with van der Waals surface area (Å²) in [4.78, 5) is 43.2. The molecular weight excluding hydrogens is 527 g/mol. The number of thiophene rings is 1. The van der Waals surface area contributed by atoms with E-state index in [1.807, 2.05) is 24.3 Å². The summed E-state index contributed by atoms with van der Waals surface area (Å²) in [6.07, 6.45) is 2.71. The van der Waals surface area contributed by atoms with Crippen molar-refractivity contribution in [3.05, 3.63) is 64.7 Å². The summed E-state index contributed by atoms with van der Waals surface area (Å²) in [6.45, 7) is 1.50. The third kappa shape index (κ3) is 6.06. The Kier molecular flexibility index (Phi) is 8.35. The predicted molar refractivity (Wildman–Crippen MR) is 148 cm³/mol. The molecule has 0 radical (unpaired) electrons. The number of rotatable bonds is 10. The van der Waals surface area contributed by atoms with Crippen LogP contribution in [0.1, 0.15) is 25.7 Å². The van der Waals surface area contributed by atoms with Gasteiger partial charge in [-0.3, -0.25) is 19.0 Å². The van der Waals surface area contributed by atoms with E-state index in [9.17, 15) is 18.8 Å². The first-order valence-corrected chi connectivity index (χ1v) is 14.3. The van der Waals surface area contributed by atoms with E-state index in [-0.39, 0.29) is 42.0 Å². The molecule has 1 aliphatic rings. The molecule has 1 atom stereocenters. The highest BCUT2D eigenvalue weighted by Crippen LogP contribution is 2.32. The smallest absolute Gasteiger partial charge is 0.272 e. The minimum atomic E-state index is -0.523. The Bertz CT molecular complexity index is 1530. The lowest BCUT2D eigenvalue weighted by Crippen LogP contribution is -2.32. The first-order valence-electron chi connectivity index (χ1n) is 12.5. The molecule has 11 heteroatoms. The number of hydrogen-bond acceptors (Lipinski definition) is 7. The molecule has 0 saturated carbocycles. The summed E-state index contributed by atoms with van der Waals surface area (Å²) >= 11 is 2.49. The number of fused-ring (bicyclic) bond motifs is 3. The van der Waals surface area contributed by atoms with Crippen LogP contribution in [0.25, 0.3) is 20.3 Å². The molecule has 1 unspecified atom stereocenters. The lowest BCUT2D eigenvalue weighted by Gasteiger charge is -2.13. The van der Waals surface area contributed by atoms with Gasteiger partial charge in [-0.25, -0.2) is 9.37 Å². The molecule has 8 nitrogen and oxygen atoms in total. The molecule has 0 aliphatic carbocycles. The third-order valence-corrected chi connectivity index (χ3v) is 8.39. The van der Waals surface area contributed by atoms with E-state index in [0.29, 0.717) is 28.3 Å². The van der Waals surface area contributed by atoms with Crippen molar-refractivity contribution in [2.24, 2.45) is 0 Å². The minimum Gasteiger partial charge on any atom is -0.376 e. The van der Waals surface area contributed by atoms with Crippen LogP contribution in [0.3, 0.4) is 0 Å². The van der Waals surface area contributed by atoms with Crippen molar-refractivity contribution in [1.29, 1.82) is 0 Å². The normalized spacial score (nSPS) is 15.2. The van der Waals surface area contributed by atoms with E-state index in [2.05, 4.69) is 10.6 Å². The van der Waals surface area contributed by atoms with Gasteiger partial charge in [-0.15, -0.1) is 11.3 Å². The van der Waals surface area contributed by atoms with Gasteiger partial charge in [0.25, 0.3) is 5.56 Å². The molecule has 5 rings (SSSR count). The molecule has 4 aromatic rings. The van der Waals surface area contributed by atoms with Gasteiger partial charge in [-0.2, -0.15) is 0 Å². The fourth-order valence-electron chi connectivity index (χ4n) is 4.36. The summed E-state index contributed by atoms with van der Waals surface area (Å²) < 4.78 is 22.5. The summed E-state index contributed by atoms with van der Waals surface area (Å²) in [6, 6.07) is 13.6. The molecule has 3 heterocycles. The number of benzene rings is 2. The third-order valence-electron chi connectivity index (χ3n) is 6.26. The van der Waals surface area contributed by atoms with Crippen LogP contribution in [0.2, 0.25) is 0 Å². The van der Waals surface area contributed by atoms with Gasteiger partial charge in [0.2, 0.25) is 11.8 Å². The molecular formula is C27H27FN4O4S2. The molecule has 0 bridgehead atoms. The number of para-hydroxylation sites is 1. The average Bonchev–Trinajstić information content (AvgIpc) is 3.57. The minimum absolute atomic E-state index is 0.0593. The number of hydrogen-bond donors (Lipinski definition) is 2. The second-order valence-corrected chi connectivity index (χ2v) is 11.0. The maximum absolute atomic E-state index is 13.9. The van der Waals surface area contributed by atoms with Crippen molar-refractivity contribution in [3.63, 3.8) is 0 Å². The summed E-state index contributed by atoms with van der Waals surface area (Å²) in [5.41, 5.74) is 0.489. The fourth-order valence-corrected chi connectivity index (χ4v) is 6.27. The van der Waals surface area contributed by atoms with Crippen LogP contribution in [0.5, 0.6) is 0 Å². The largest absolute Gasteiger partial charge is 0.376 e. The molecule has 2 N–H and O–H groups in total. The van der Waals surface area contributed by atoms with E-state index < -0.39 is 11.7 Å².